The molecule has 7 heteroatoms. The number of amides is 1. The number of hydrogen-bond acceptors (Lipinski definition) is 5. The lowest BCUT2D eigenvalue weighted by Crippen LogP contribution is -2.40. The van der Waals surface area contributed by atoms with E-state index in [2.05, 4.69) is 10.3 Å². The number of carbonyl (C=O) groups is 2. The molecule has 0 radical (unpaired) electrons. The van der Waals surface area contributed by atoms with Gasteiger partial charge in [-0.2, -0.15) is 0 Å². The summed E-state index contributed by atoms with van der Waals surface area (Å²) in [5.74, 6) is 6.25. The van der Waals surface area contributed by atoms with Crippen LogP contribution in [-0.4, -0.2) is 32.8 Å². The van der Waals surface area contributed by atoms with Crippen LogP contribution in [0.15, 0.2) is 54.9 Å². The van der Waals surface area contributed by atoms with Crippen LogP contribution in [0.5, 0.6) is 0 Å². The van der Waals surface area contributed by atoms with Gasteiger partial charge in [0.05, 0.1) is 35.7 Å². The van der Waals surface area contributed by atoms with Crippen LogP contribution in [0.2, 0.25) is 0 Å². The lowest BCUT2D eigenvalue weighted by molar-refractivity contribution is -0.131. The average Bonchev–Trinajstić information content (AvgIpc) is 3.00. The van der Waals surface area contributed by atoms with Gasteiger partial charge in [0.1, 0.15) is 0 Å². The van der Waals surface area contributed by atoms with Gasteiger partial charge < -0.3 is 16.1 Å². The van der Waals surface area contributed by atoms with Gasteiger partial charge in [-0.1, -0.05) is 25.1 Å². The smallest absolute Gasteiger partial charge is 0.223 e. The van der Waals surface area contributed by atoms with Gasteiger partial charge in [-0.25, -0.2) is 0 Å². The van der Waals surface area contributed by atoms with E-state index in [4.69, 9.17) is 5.84 Å². The van der Waals surface area contributed by atoms with Crippen molar-refractivity contribution in [3.63, 3.8) is 0 Å². The number of nitrogens with two attached hydrogens (primary N) is 1. The number of fused-ring (bicyclic) bond motifs is 1. The molecule has 0 fully saturated rings. The van der Waals surface area contributed by atoms with Crippen molar-refractivity contribution in [2.45, 2.75) is 19.9 Å². The van der Waals surface area contributed by atoms with Gasteiger partial charge in [-0.05, 0) is 24.3 Å². The summed E-state index contributed by atoms with van der Waals surface area (Å²) in [4.78, 5) is 30.8. The minimum Gasteiger partial charge on any atom is -0.353 e. The lowest BCUT2D eigenvalue weighted by Gasteiger charge is -2.26. The van der Waals surface area contributed by atoms with Gasteiger partial charge in [0.15, 0.2) is 5.78 Å². The molecule has 0 unspecified atom stereocenters. The van der Waals surface area contributed by atoms with Crippen molar-refractivity contribution in [2.24, 2.45) is 0 Å². The molecule has 0 saturated carbocycles. The number of hydrogen-bond donors (Lipinski definition) is 2. The van der Waals surface area contributed by atoms with Gasteiger partial charge in [-0.3, -0.25) is 19.2 Å². The van der Waals surface area contributed by atoms with Gasteiger partial charge in [-0.15, -0.1) is 0 Å². The molecule has 2 aromatic heterocycles. The molecule has 3 N–H and O–H groups in total. The first kappa shape index (κ1) is 17.8. The number of nitrogen functional groups attached to an aromatic ring is 1. The number of pyridine rings is 1. The SMILES string of the molecule is CCC(=O)N1CC(=O)c2c(Nc3ccccc3)c(-c3ccncc3)n(N)c2C1. The van der Waals surface area contributed by atoms with Crippen molar-refractivity contribution in [1.29, 1.82) is 0 Å². The Bertz CT molecular complexity index is 1030. The van der Waals surface area contributed by atoms with Crippen molar-refractivity contribution in [2.75, 3.05) is 17.7 Å². The van der Waals surface area contributed by atoms with Crippen LogP contribution in [0.4, 0.5) is 11.4 Å². The second kappa shape index (κ2) is 7.19. The maximum atomic E-state index is 13.0. The summed E-state index contributed by atoms with van der Waals surface area (Å²) in [5, 5.41) is 3.36. The first-order chi connectivity index (χ1) is 13.6. The zero-order valence-electron chi connectivity index (χ0n) is 15.6. The third-order valence-corrected chi connectivity index (χ3v) is 4.91. The third kappa shape index (κ3) is 3.00. The summed E-state index contributed by atoms with van der Waals surface area (Å²) >= 11 is 0. The minimum atomic E-state index is -0.124. The van der Waals surface area contributed by atoms with E-state index in [1.807, 2.05) is 42.5 Å². The Labute approximate surface area is 162 Å². The first-order valence-corrected chi connectivity index (χ1v) is 9.16. The summed E-state index contributed by atoms with van der Waals surface area (Å²) in [5.41, 5.74) is 4.21. The number of aromatic nitrogens is 2. The van der Waals surface area contributed by atoms with Crippen molar-refractivity contribution < 1.29 is 9.59 Å². The highest BCUT2D eigenvalue weighted by atomic mass is 16.2. The number of benzene rings is 1. The fourth-order valence-electron chi connectivity index (χ4n) is 3.56. The number of ketones is 1. The Morgan fingerprint density at radius 3 is 2.54 bits per heavy atom. The van der Waals surface area contributed by atoms with E-state index in [9.17, 15) is 9.59 Å². The van der Waals surface area contributed by atoms with Crippen LogP contribution in [0.3, 0.4) is 0 Å². The fourth-order valence-corrected chi connectivity index (χ4v) is 3.56. The molecule has 3 aromatic rings. The van der Waals surface area contributed by atoms with E-state index in [1.165, 1.54) is 4.68 Å². The largest absolute Gasteiger partial charge is 0.353 e. The van der Waals surface area contributed by atoms with Gasteiger partial charge in [0.25, 0.3) is 0 Å². The molecule has 0 aliphatic carbocycles. The molecule has 0 atom stereocenters. The molecule has 4 rings (SSSR count). The van der Waals surface area contributed by atoms with E-state index in [1.54, 1.807) is 24.2 Å². The second-order valence-corrected chi connectivity index (χ2v) is 6.67. The number of para-hydroxylation sites is 1. The molecule has 1 aliphatic heterocycles. The number of rotatable bonds is 4. The zero-order valence-corrected chi connectivity index (χ0v) is 15.6. The predicted octanol–water partition coefficient (Wildman–Crippen LogP) is 2.94. The summed E-state index contributed by atoms with van der Waals surface area (Å²) in [7, 11) is 0. The van der Waals surface area contributed by atoms with Crippen LogP contribution in [0, 0.1) is 0 Å². The van der Waals surface area contributed by atoms with E-state index in [0.717, 1.165) is 11.3 Å². The van der Waals surface area contributed by atoms with Gasteiger partial charge in [0.2, 0.25) is 5.91 Å². The Hall–Kier alpha value is -3.61. The van der Waals surface area contributed by atoms with Crippen molar-refractivity contribution >= 4 is 23.1 Å². The summed E-state index contributed by atoms with van der Waals surface area (Å²) in [6.07, 6.45) is 3.71. The second-order valence-electron chi connectivity index (χ2n) is 6.67. The molecule has 28 heavy (non-hydrogen) atoms. The van der Waals surface area contributed by atoms with E-state index in [-0.39, 0.29) is 18.2 Å². The van der Waals surface area contributed by atoms with E-state index in [0.29, 0.717) is 35.6 Å². The number of nitrogens with one attached hydrogen (secondary N) is 1. The highest BCUT2D eigenvalue weighted by molar-refractivity contribution is 6.09. The summed E-state index contributed by atoms with van der Waals surface area (Å²) in [6, 6.07) is 13.3. The monoisotopic (exact) mass is 375 g/mol. The van der Waals surface area contributed by atoms with Crippen LogP contribution >= 0.6 is 0 Å². The quantitative estimate of drug-likeness (QED) is 0.684. The van der Waals surface area contributed by atoms with Crippen molar-refractivity contribution in [3.8, 4) is 11.3 Å². The van der Waals surface area contributed by atoms with E-state index < -0.39 is 0 Å². The third-order valence-electron chi connectivity index (χ3n) is 4.91. The van der Waals surface area contributed by atoms with E-state index >= 15 is 0 Å². The maximum Gasteiger partial charge on any atom is 0.223 e. The molecule has 142 valence electrons. The van der Waals surface area contributed by atoms with Crippen LogP contribution in [0.1, 0.15) is 29.4 Å². The first-order valence-electron chi connectivity index (χ1n) is 9.16. The molecule has 1 aromatic carbocycles. The maximum absolute atomic E-state index is 13.0. The molecular weight excluding hydrogens is 354 g/mol. The Morgan fingerprint density at radius 2 is 1.86 bits per heavy atom. The standard InChI is InChI=1S/C21H21N5O2/c1-2-18(28)25-12-16-19(17(27)13-25)20(24-15-6-4-3-5-7-15)21(26(16)22)14-8-10-23-11-9-14/h3-11,24H,2,12-13,22H2,1H3. The van der Waals surface area contributed by atoms with Gasteiger partial charge in [0, 0.05) is 30.1 Å². The normalized spacial score (nSPS) is 13.3. The number of Topliss-reactive ketones (excluding diaryl/α,β-unsaturated/α-hetero) is 1. The number of carbonyl (C=O) groups excluding carboxylic acids is 2. The Morgan fingerprint density at radius 1 is 1.14 bits per heavy atom. The number of anilines is 2. The van der Waals surface area contributed by atoms with Crippen molar-refractivity contribution in [3.05, 3.63) is 66.1 Å². The topological polar surface area (TPSA) is 93.2 Å². The Kier molecular flexibility index (Phi) is 4.57. The summed E-state index contributed by atoms with van der Waals surface area (Å²) < 4.78 is 1.52. The van der Waals surface area contributed by atoms with Crippen LogP contribution < -0.4 is 11.2 Å². The molecule has 7 nitrogen and oxygen atoms in total. The highest BCUT2D eigenvalue weighted by Gasteiger charge is 2.34. The predicted molar refractivity (Wildman–Crippen MR) is 108 cm³/mol. The van der Waals surface area contributed by atoms with Crippen molar-refractivity contribution in [1.82, 2.24) is 14.6 Å². The van der Waals surface area contributed by atoms with Crippen LogP contribution in [0.25, 0.3) is 11.3 Å². The molecule has 0 bridgehead atoms. The summed E-state index contributed by atoms with van der Waals surface area (Å²) in [6.45, 7) is 2.15. The highest BCUT2D eigenvalue weighted by Crippen LogP contribution is 2.39. The molecule has 0 saturated heterocycles. The molecular formula is C21H21N5O2. The Balaban J connectivity index is 1.89. The minimum absolute atomic E-state index is 0.0585. The average molecular weight is 375 g/mol. The lowest BCUT2D eigenvalue weighted by atomic mass is 10.0. The number of nitrogens with zero attached hydrogens (tertiary/aromatic N) is 3. The van der Waals surface area contributed by atoms with Crippen LogP contribution in [-0.2, 0) is 11.3 Å². The molecule has 1 amide bonds. The zero-order chi connectivity index (χ0) is 19.7. The molecule has 3 heterocycles. The molecule has 1 aliphatic rings. The fraction of sp³-hybridized carbons (Fsp3) is 0.190. The molecule has 0 spiro atoms. The van der Waals surface area contributed by atoms with Gasteiger partial charge >= 0.3 is 0 Å².